The van der Waals surface area contributed by atoms with E-state index in [1.165, 1.54) is 33.5 Å². The van der Waals surface area contributed by atoms with E-state index in [0.29, 0.717) is 34.2 Å². The first-order chi connectivity index (χ1) is 15.0. The molecule has 0 atom stereocenters. The molecule has 0 amide bonds. The number of rotatable bonds is 8. The molecule has 0 fully saturated rings. The summed E-state index contributed by atoms with van der Waals surface area (Å²) in [6.45, 7) is 1.97. The first kappa shape index (κ1) is 22.0. The van der Waals surface area contributed by atoms with Gasteiger partial charge in [0.15, 0.2) is 17.3 Å². The highest BCUT2D eigenvalue weighted by molar-refractivity contribution is 7.71. The highest BCUT2D eigenvalue weighted by Crippen LogP contribution is 2.38. The first-order valence-electron chi connectivity index (χ1n) is 9.33. The monoisotopic (exact) mass is 442 g/mol. The average Bonchev–Trinajstić information content (AvgIpc) is 3.16. The molecule has 1 N–H and O–H groups in total. The summed E-state index contributed by atoms with van der Waals surface area (Å²) in [5, 5.41) is 11.2. The lowest BCUT2D eigenvalue weighted by molar-refractivity contribution is 0.0734. The Morgan fingerprint density at radius 3 is 2.32 bits per heavy atom. The number of benzene rings is 2. The van der Waals surface area contributed by atoms with E-state index in [0.717, 1.165) is 11.4 Å². The number of esters is 1. The van der Waals surface area contributed by atoms with Crippen molar-refractivity contribution < 1.29 is 23.7 Å². The second kappa shape index (κ2) is 9.90. The van der Waals surface area contributed by atoms with E-state index in [1.807, 2.05) is 6.92 Å². The van der Waals surface area contributed by atoms with Crippen molar-refractivity contribution in [1.82, 2.24) is 14.9 Å². The second-order valence-electron chi connectivity index (χ2n) is 6.23. The minimum absolute atomic E-state index is 0.265. The third kappa shape index (κ3) is 4.92. The van der Waals surface area contributed by atoms with Crippen LogP contribution in [0.25, 0.3) is 0 Å². The van der Waals surface area contributed by atoms with Gasteiger partial charge in [-0.15, -0.1) is 0 Å². The Hall–Kier alpha value is -3.66. The van der Waals surface area contributed by atoms with E-state index in [1.54, 1.807) is 35.2 Å². The zero-order chi connectivity index (χ0) is 22.4. The fourth-order valence-electron chi connectivity index (χ4n) is 2.78. The lowest BCUT2D eigenvalue weighted by Gasteiger charge is -2.13. The predicted octanol–water partition coefficient (Wildman–Crippen LogP) is 3.63. The van der Waals surface area contributed by atoms with Crippen LogP contribution in [0, 0.1) is 4.77 Å². The first-order valence-corrected chi connectivity index (χ1v) is 9.74. The van der Waals surface area contributed by atoms with Crippen molar-refractivity contribution in [2.75, 3.05) is 21.3 Å². The lowest BCUT2D eigenvalue weighted by atomic mass is 10.2. The normalized spacial score (nSPS) is 10.8. The summed E-state index contributed by atoms with van der Waals surface area (Å²) in [6.07, 6.45) is 2.34. The van der Waals surface area contributed by atoms with Gasteiger partial charge in [-0.05, 0) is 54.2 Å². The Bertz CT molecular complexity index is 1130. The number of H-pyrrole nitrogens is 1. The number of nitrogens with zero attached hydrogens (tertiary/aromatic N) is 3. The van der Waals surface area contributed by atoms with Crippen molar-refractivity contribution >= 4 is 24.4 Å². The van der Waals surface area contributed by atoms with Crippen LogP contribution < -0.4 is 18.9 Å². The molecule has 3 rings (SSSR count). The minimum Gasteiger partial charge on any atom is -0.493 e. The van der Waals surface area contributed by atoms with E-state index in [9.17, 15) is 4.79 Å². The van der Waals surface area contributed by atoms with Gasteiger partial charge in [-0.2, -0.15) is 14.9 Å². The topological polar surface area (TPSA) is 100.0 Å². The van der Waals surface area contributed by atoms with Gasteiger partial charge in [0.2, 0.25) is 10.5 Å². The van der Waals surface area contributed by atoms with Gasteiger partial charge in [0.05, 0.1) is 33.1 Å². The molecule has 1 heterocycles. The quantitative estimate of drug-likeness (QED) is 0.246. The van der Waals surface area contributed by atoms with Crippen molar-refractivity contribution in [1.29, 1.82) is 0 Å². The van der Waals surface area contributed by atoms with Crippen molar-refractivity contribution in [2.24, 2.45) is 5.10 Å². The SMILES string of the molecule is CCc1n[nH]c(=S)n1N=Cc1ccc(OC(=O)c2cc(OC)c(OC)c(OC)c2)cc1. The number of hydrogen-bond donors (Lipinski definition) is 1. The van der Waals surface area contributed by atoms with Crippen LogP contribution in [0.1, 0.15) is 28.7 Å². The van der Waals surface area contributed by atoms with Gasteiger partial charge < -0.3 is 18.9 Å². The number of carbonyl (C=O) groups excluding carboxylic acids is 1. The van der Waals surface area contributed by atoms with Crippen LogP contribution in [0.5, 0.6) is 23.0 Å². The fraction of sp³-hybridized carbons (Fsp3) is 0.238. The molecule has 0 aliphatic carbocycles. The Kier molecular flexibility index (Phi) is 7.03. The Morgan fingerprint density at radius 1 is 1.13 bits per heavy atom. The molecule has 3 aromatic rings. The maximum atomic E-state index is 12.6. The van der Waals surface area contributed by atoms with E-state index in [-0.39, 0.29) is 5.56 Å². The number of aromatic nitrogens is 3. The molecule has 0 saturated carbocycles. The highest BCUT2D eigenvalue weighted by atomic mass is 32.1. The summed E-state index contributed by atoms with van der Waals surface area (Å²) in [7, 11) is 4.45. The smallest absolute Gasteiger partial charge is 0.343 e. The van der Waals surface area contributed by atoms with Crippen LogP contribution >= 0.6 is 12.2 Å². The molecule has 2 aromatic carbocycles. The summed E-state index contributed by atoms with van der Waals surface area (Å²) in [6, 6.07) is 9.96. The van der Waals surface area contributed by atoms with Crippen LogP contribution in [-0.2, 0) is 6.42 Å². The van der Waals surface area contributed by atoms with Crippen molar-refractivity contribution in [3.05, 3.63) is 58.1 Å². The highest BCUT2D eigenvalue weighted by Gasteiger charge is 2.18. The van der Waals surface area contributed by atoms with E-state index >= 15 is 0 Å². The molecule has 10 heteroatoms. The average molecular weight is 442 g/mol. The molecule has 0 aliphatic heterocycles. The van der Waals surface area contributed by atoms with Crippen molar-refractivity contribution in [3.63, 3.8) is 0 Å². The van der Waals surface area contributed by atoms with Crippen molar-refractivity contribution in [3.8, 4) is 23.0 Å². The minimum atomic E-state index is -0.557. The molecular weight excluding hydrogens is 420 g/mol. The van der Waals surface area contributed by atoms with Crippen LogP contribution in [0.2, 0.25) is 0 Å². The predicted molar refractivity (Wildman–Crippen MR) is 117 cm³/mol. The van der Waals surface area contributed by atoms with Gasteiger partial charge in [0, 0.05) is 6.42 Å². The Morgan fingerprint density at radius 2 is 1.77 bits per heavy atom. The summed E-state index contributed by atoms with van der Waals surface area (Å²) >= 11 is 5.17. The number of hydrogen-bond acceptors (Lipinski definition) is 8. The van der Waals surface area contributed by atoms with Crippen LogP contribution in [0.4, 0.5) is 0 Å². The van der Waals surface area contributed by atoms with Gasteiger partial charge in [0.25, 0.3) is 0 Å². The molecule has 162 valence electrons. The Labute approximate surface area is 184 Å². The zero-order valence-electron chi connectivity index (χ0n) is 17.5. The zero-order valence-corrected chi connectivity index (χ0v) is 18.4. The number of ether oxygens (including phenoxy) is 4. The number of carbonyl (C=O) groups is 1. The maximum Gasteiger partial charge on any atom is 0.343 e. The van der Waals surface area contributed by atoms with Crippen LogP contribution in [-0.4, -0.2) is 48.4 Å². The van der Waals surface area contributed by atoms with Gasteiger partial charge in [-0.3, -0.25) is 5.10 Å². The summed E-state index contributed by atoms with van der Waals surface area (Å²) in [4.78, 5) is 12.6. The third-order valence-corrected chi connectivity index (χ3v) is 4.61. The molecule has 0 aliphatic rings. The third-order valence-electron chi connectivity index (χ3n) is 4.35. The van der Waals surface area contributed by atoms with Gasteiger partial charge >= 0.3 is 5.97 Å². The molecule has 0 saturated heterocycles. The van der Waals surface area contributed by atoms with E-state index < -0.39 is 5.97 Å². The van der Waals surface area contributed by atoms with Gasteiger partial charge in [-0.25, -0.2) is 4.79 Å². The van der Waals surface area contributed by atoms with E-state index in [4.69, 9.17) is 31.2 Å². The molecule has 0 spiro atoms. The number of nitrogens with one attached hydrogen (secondary N) is 1. The molecule has 31 heavy (non-hydrogen) atoms. The Balaban J connectivity index is 1.75. The summed E-state index contributed by atoms with van der Waals surface area (Å²) in [5.41, 5.74) is 1.07. The molecular formula is C21H22N4O5S. The van der Waals surface area contributed by atoms with Crippen molar-refractivity contribution in [2.45, 2.75) is 13.3 Å². The molecule has 0 radical (unpaired) electrons. The van der Waals surface area contributed by atoms with E-state index in [2.05, 4.69) is 15.3 Å². The largest absolute Gasteiger partial charge is 0.493 e. The van der Waals surface area contributed by atoms with Gasteiger partial charge in [0.1, 0.15) is 5.75 Å². The summed E-state index contributed by atoms with van der Waals surface area (Å²) < 4.78 is 23.3. The lowest BCUT2D eigenvalue weighted by Crippen LogP contribution is -2.09. The number of aromatic amines is 1. The van der Waals surface area contributed by atoms with Crippen LogP contribution in [0.15, 0.2) is 41.5 Å². The number of aryl methyl sites for hydroxylation is 1. The molecule has 9 nitrogen and oxygen atoms in total. The molecule has 0 bridgehead atoms. The number of methoxy groups -OCH3 is 3. The summed E-state index contributed by atoms with van der Waals surface area (Å²) in [5.74, 6) is 1.68. The van der Waals surface area contributed by atoms with Crippen LogP contribution in [0.3, 0.4) is 0 Å². The fourth-order valence-corrected chi connectivity index (χ4v) is 2.98. The molecule has 1 aromatic heterocycles. The maximum absolute atomic E-state index is 12.6. The second-order valence-corrected chi connectivity index (χ2v) is 6.61. The van der Waals surface area contributed by atoms with Gasteiger partial charge in [-0.1, -0.05) is 6.92 Å². The molecule has 0 unspecified atom stereocenters. The standard InChI is InChI=1S/C21H22N4O5S/c1-5-18-23-24-21(31)25(18)22-12-13-6-8-15(9-7-13)30-20(26)14-10-16(27-2)19(29-4)17(11-14)28-3/h6-12H,5H2,1-4H3,(H,24,31).